The largest absolute Gasteiger partial charge is 0.389 e. The van der Waals surface area contributed by atoms with Gasteiger partial charge in [0.05, 0.1) is 5.02 Å². The Morgan fingerprint density at radius 1 is 1.48 bits per heavy atom. The molecule has 0 spiro atoms. The van der Waals surface area contributed by atoms with Crippen molar-refractivity contribution in [2.24, 2.45) is 5.73 Å². The van der Waals surface area contributed by atoms with E-state index >= 15 is 0 Å². The fourth-order valence-corrected chi connectivity index (χ4v) is 4.03. The SMILES string of the molecule is CCc1nnc(NS(=O)(=O)c2cc(C(N)=S)ccc2Cl)s1. The molecule has 0 atom stereocenters. The van der Waals surface area contributed by atoms with Crippen LogP contribution in [-0.2, 0) is 16.4 Å². The summed E-state index contributed by atoms with van der Waals surface area (Å²) in [4.78, 5) is -0.0185. The first kappa shape index (κ1) is 16.1. The van der Waals surface area contributed by atoms with Crippen LogP contribution in [0.2, 0.25) is 5.02 Å². The maximum Gasteiger partial charge on any atom is 0.265 e. The zero-order valence-corrected chi connectivity index (χ0v) is 14.0. The van der Waals surface area contributed by atoms with E-state index in [2.05, 4.69) is 14.9 Å². The van der Waals surface area contributed by atoms with E-state index in [1.807, 2.05) is 6.92 Å². The van der Waals surface area contributed by atoms with Crippen LogP contribution < -0.4 is 10.5 Å². The molecule has 112 valence electrons. The fourth-order valence-electron chi connectivity index (χ4n) is 1.47. The van der Waals surface area contributed by atoms with Gasteiger partial charge in [0.15, 0.2) is 0 Å². The van der Waals surface area contributed by atoms with Crippen molar-refractivity contribution in [2.45, 2.75) is 18.2 Å². The van der Waals surface area contributed by atoms with E-state index in [1.165, 1.54) is 12.1 Å². The zero-order chi connectivity index (χ0) is 15.6. The third-order valence-corrected chi connectivity index (χ3v) is 5.66. The van der Waals surface area contributed by atoms with Gasteiger partial charge in [-0.05, 0) is 18.6 Å². The van der Waals surface area contributed by atoms with Crippen molar-refractivity contribution in [1.82, 2.24) is 10.2 Å². The second-order valence-corrected chi connectivity index (χ2v) is 7.53. The summed E-state index contributed by atoms with van der Waals surface area (Å²) in [6.45, 7) is 1.90. The highest BCUT2D eigenvalue weighted by Crippen LogP contribution is 2.26. The van der Waals surface area contributed by atoms with Crippen LogP contribution in [0, 0.1) is 0 Å². The Kier molecular flexibility index (Phi) is 4.77. The molecule has 1 heterocycles. The molecule has 1 aromatic carbocycles. The summed E-state index contributed by atoms with van der Waals surface area (Å²) in [6, 6.07) is 4.32. The van der Waals surface area contributed by atoms with Crippen LogP contribution >= 0.6 is 35.2 Å². The van der Waals surface area contributed by atoms with E-state index in [0.717, 1.165) is 16.3 Å². The first-order valence-electron chi connectivity index (χ1n) is 5.78. The number of aryl methyl sites for hydroxylation is 1. The average Bonchev–Trinajstić information content (AvgIpc) is 2.85. The number of halogens is 1. The Balaban J connectivity index is 2.39. The average molecular weight is 363 g/mol. The topological polar surface area (TPSA) is 98.0 Å². The molecule has 0 radical (unpaired) electrons. The third kappa shape index (κ3) is 3.67. The predicted molar refractivity (Wildman–Crippen MR) is 87.4 cm³/mol. The van der Waals surface area contributed by atoms with Gasteiger partial charge in [0.2, 0.25) is 5.13 Å². The highest BCUT2D eigenvalue weighted by Gasteiger charge is 2.21. The molecular formula is C11H11ClN4O2S3. The molecule has 0 saturated carbocycles. The number of nitrogens with two attached hydrogens (primary N) is 1. The Morgan fingerprint density at radius 2 is 2.19 bits per heavy atom. The number of thiocarbonyl (C=S) groups is 1. The number of benzene rings is 1. The molecule has 2 aromatic rings. The summed E-state index contributed by atoms with van der Waals surface area (Å²) in [6.07, 6.45) is 0.678. The number of hydrogen-bond donors (Lipinski definition) is 2. The van der Waals surface area contributed by atoms with Crippen LogP contribution in [0.15, 0.2) is 23.1 Å². The van der Waals surface area contributed by atoms with Gasteiger partial charge in [0.25, 0.3) is 10.0 Å². The van der Waals surface area contributed by atoms with Crippen molar-refractivity contribution < 1.29 is 8.42 Å². The Labute approximate surface area is 136 Å². The van der Waals surface area contributed by atoms with Crippen LogP contribution in [0.4, 0.5) is 5.13 Å². The second-order valence-electron chi connectivity index (χ2n) is 3.97. The molecule has 0 amide bonds. The van der Waals surface area contributed by atoms with Crippen LogP contribution in [0.25, 0.3) is 0 Å². The lowest BCUT2D eigenvalue weighted by atomic mass is 10.2. The minimum Gasteiger partial charge on any atom is -0.389 e. The molecule has 0 saturated heterocycles. The van der Waals surface area contributed by atoms with Crippen LogP contribution in [0.3, 0.4) is 0 Å². The van der Waals surface area contributed by atoms with Crippen LogP contribution in [0.5, 0.6) is 0 Å². The van der Waals surface area contributed by atoms with Crippen molar-refractivity contribution in [3.63, 3.8) is 0 Å². The molecule has 0 fully saturated rings. The Hall–Kier alpha value is -1.29. The lowest BCUT2D eigenvalue weighted by Crippen LogP contribution is -2.15. The molecule has 0 aliphatic carbocycles. The fraction of sp³-hybridized carbons (Fsp3) is 0.182. The van der Waals surface area contributed by atoms with Gasteiger partial charge < -0.3 is 5.73 Å². The van der Waals surface area contributed by atoms with Crippen molar-refractivity contribution in [1.29, 1.82) is 0 Å². The molecule has 6 nitrogen and oxygen atoms in total. The quantitative estimate of drug-likeness (QED) is 0.791. The standard InChI is InChI=1S/C11H11ClN4O2S3/c1-2-9-14-15-11(20-9)16-21(17,18)8-5-6(10(13)19)3-4-7(8)12/h3-5H,2H2,1H3,(H2,13,19)(H,15,16). The van der Waals surface area contributed by atoms with Gasteiger partial charge in [-0.1, -0.05) is 48.1 Å². The van der Waals surface area contributed by atoms with Gasteiger partial charge in [-0.2, -0.15) is 0 Å². The van der Waals surface area contributed by atoms with Gasteiger partial charge in [-0.25, -0.2) is 8.42 Å². The highest BCUT2D eigenvalue weighted by atomic mass is 35.5. The van der Waals surface area contributed by atoms with Gasteiger partial charge in [0.1, 0.15) is 14.9 Å². The van der Waals surface area contributed by atoms with E-state index < -0.39 is 10.0 Å². The first-order valence-corrected chi connectivity index (χ1v) is 8.86. The summed E-state index contributed by atoms with van der Waals surface area (Å²) < 4.78 is 27.1. The number of aromatic nitrogens is 2. The number of rotatable bonds is 5. The second kappa shape index (κ2) is 6.22. The predicted octanol–water partition coefficient (Wildman–Crippen LogP) is 2.19. The van der Waals surface area contributed by atoms with Gasteiger partial charge >= 0.3 is 0 Å². The van der Waals surface area contributed by atoms with E-state index in [9.17, 15) is 8.42 Å². The summed E-state index contributed by atoms with van der Waals surface area (Å²) in [5, 5.41) is 8.61. The number of hydrogen-bond acceptors (Lipinski definition) is 6. The molecule has 10 heteroatoms. The van der Waals surface area contributed by atoms with Crippen LogP contribution in [-0.4, -0.2) is 23.6 Å². The molecule has 0 unspecified atom stereocenters. The van der Waals surface area contributed by atoms with E-state index in [-0.39, 0.29) is 20.0 Å². The molecular weight excluding hydrogens is 352 g/mol. The third-order valence-electron chi connectivity index (χ3n) is 2.50. The lowest BCUT2D eigenvalue weighted by molar-refractivity contribution is 0.601. The lowest BCUT2D eigenvalue weighted by Gasteiger charge is -2.08. The van der Waals surface area contributed by atoms with E-state index in [0.29, 0.717) is 12.0 Å². The number of sulfonamides is 1. The van der Waals surface area contributed by atoms with E-state index in [4.69, 9.17) is 29.6 Å². The molecule has 3 N–H and O–H groups in total. The highest BCUT2D eigenvalue weighted by molar-refractivity contribution is 7.93. The Morgan fingerprint density at radius 3 is 2.76 bits per heavy atom. The maximum absolute atomic E-state index is 12.4. The van der Waals surface area contributed by atoms with Crippen molar-refractivity contribution in [3.8, 4) is 0 Å². The molecule has 2 rings (SSSR count). The summed E-state index contributed by atoms with van der Waals surface area (Å²) in [5.41, 5.74) is 5.92. The molecule has 0 aliphatic heterocycles. The van der Waals surface area contributed by atoms with Crippen molar-refractivity contribution in [2.75, 3.05) is 4.72 Å². The van der Waals surface area contributed by atoms with Crippen molar-refractivity contribution in [3.05, 3.63) is 33.8 Å². The van der Waals surface area contributed by atoms with Gasteiger partial charge in [0, 0.05) is 5.56 Å². The molecule has 21 heavy (non-hydrogen) atoms. The van der Waals surface area contributed by atoms with Gasteiger partial charge in [-0.15, -0.1) is 10.2 Å². The van der Waals surface area contributed by atoms with Gasteiger partial charge in [-0.3, -0.25) is 4.72 Å². The minimum absolute atomic E-state index is 0.0720. The maximum atomic E-state index is 12.4. The first-order chi connectivity index (χ1) is 9.83. The summed E-state index contributed by atoms with van der Waals surface area (Å²) in [7, 11) is -3.88. The normalized spacial score (nSPS) is 11.3. The summed E-state index contributed by atoms with van der Waals surface area (Å²) in [5.74, 6) is 0. The minimum atomic E-state index is -3.88. The van der Waals surface area contributed by atoms with Crippen molar-refractivity contribution >= 4 is 55.3 Å². The van der Waals surface area contributed by atoms with Crippen LogP contribution in [0.1, 0.15) is 17.5 Å². The van der Waals surface area contributed by atoms with E-state index in [1.54, 1.807) is 6.07 Å². The summed E-state index contributed by atoms with van der Waals surface area (Å²) >= 11 is 11.9. The Bertz CT molecular complexity index is 789. The molecule has 0 aliphatic rings. The smallest absolute Gasteiger partial charge is 0.265 e. The zero-order valence-electron chi connectivity index (χ0n) is 10.8. The number of anilines is 1. The molecule has 1 aromatic heterocycles. The number of nitrogens with one attached hydrogen (secondary N) is 1. The number of nitrogens with zero attached hydrogens (tertiary/aromatic N) is 2. The monoisotopic (exact) mass is 362 g/mol. The molecule has 0 bridgehead atoms.